The van der Waals surface area contributed by atoms with Crippen LogP contribution >= 0.6 is 15.9 Å². The summed E-state index contributed by atoms with van der Waals surface area (Å²) in [5.41, 5.74) is 7.46. The first-order chi connectivity index (χ1) is 25.2. The van der Waals surface area contributed by atoms with Crippen LogP contribution in [0.25, 0.3) is 0 Å². The molecule has 3 aromatic rings. The zero-order valence-electron chi connectivity index (χ0n) is 29.4. The molecule has 3 N–H and O–H groups in total. The van der Waals surface area contributed by atoms with Gasteiger partial charge in [0.1, 0.15) is 12.4 Å². The molecule has 7 rings (SSSR count). The summed E-state index contributed by atoms with van der Waals surface area (Å²) in [7, 11) is 1.56. The second-order valence-electron chi connectivity index (χ2n) is 13.4. The molecule has 0 radical (unpaired) electrons. The van der Waals surface area contributed by atoms with Crippen LogP contribution in [0.4, 0.5) is 33.5 Å². The summed E-state index contributed by atoms with van der Waals surface area (Å²) in [6.07, 6.45) is -2.42. The van der Waals surface area contributed by atoms with Crippen LogP contribution in [-0.4, -0.2) is 69.4 Å². The lowest BCUT2D eigenvalue weighted by molar-refractivity contribution is -0.140. The average Bonchev–Trinajstić information content (AvgIpc) is 3.72. The monoisotopic (exact) mass is 806 g/mol. The Bertz CT molecular complexity index is 1950. The van der Waals surface area contributed by atoms with Gasteiger partial charge in [-0.25, -0.2) is 0 Å². The second-order valence-corrected chi connectivity index (χ2v) is 14.2. The van der Waals surface area contributed by atoms with Crippen molar-refractivity contribution in [3.8, 4) is 17.9 Å². The van der Waals surface area contributed by atoms with Crippen molar-refractivity contribution in [2.24, 2.45) is 0 Å². The number of alkyl halides is 3. The van der Waals surface area contributed by atoms with Crippen molar-refractivity contribution in [1.29, 1.82) is 0 Å². The summed E-state index contributed by atoms with van der Waals surface area (Å²) in [5.74, 6) is 5.45. The molecule has 284 valence electrons. The molecule has 17 heteroatoms. The SMILES string of the molecule is C=C(F)F.CC#Cc1cc(N)cc(C2Cc3nc(OCC45CCCN4CCC5)nc(N4CCCn5nc(C(=O)NC)c(Br)c5C4)c3CO2)c1C(F)(F)F. The van der Waals surface area contributed by atoms with Gasteiger partial charge < -0.3 is 25.4 Å². The number of nitrogens with two attached hydrogens (primary N) is 1. The predicted molar refractivity (Wildman–Crippen MR) is 190 cm³/mol. The van der Waals surface area contributed by atoms with E-state index in [1.54, 1.807) is 7.05 Å². The Balaban J connectivity index is 0.00000114. The van der Waals surface area contributed by atoms with Gasteiger partial charge in [-0.15, -0.1) is 5.92 Å². The fourth-order valence-electron chi connectivity index (χ4n) is 7.83. The highest BCUT2D eigenvalue weighted by Gasteiger charge is 2.45. The van der Waals surface area contributed by atoms with E-state index in [9.17, 15) is 26.7 Å². The van der Waals surface area contributed by atoms with Crippen molar-refractivity contribution < 1.29 is 36.2 Å². The maximum Gasteiger partial charge on any atom is 0.417 e. The zero-order valence-corrected chi connectivity index (χ0v) is 31.0. The molecule has 2 fully saturated rings. The van der Waals surface area contributed by atoms with Gasteiger partial charge in [-0.1, -0.05) is 5.92 Å². The zero-order chi connectivity index (χ0) is 38.1. The minimum atomic E-state index is -4.68. The maximum atomic E-state index is 14.6. The predicted octanol–water partition coefficient (Wildman–Crippen LogP) is 6.40. The minimum absolute atomic E-state index is 0.0192. The van der Waals surface area contributed by atoms with Crippen molar-refractivity contribution in [3.63, 3.8) is 0 Å². The number of hydrogen-bond acceptors (Lipinski definition) is 9. The molecule has 2 saturated heterocycles. The van der Waals surface area contributed by atoms with E-state index in [1.165, 1.54) is 19.1 Å². The summed E-state index contributed by atoms with van der Waals surface area (Å²) in [6, 6.07) is 2.76. The molecular formula is C36H40BrF5N8O3. The number of ether oxygens (including phenoxy) is 2. The van der Waals surface area contributed by atoms with E-state index in [0.29, 0.717) is 59.9 Å². The summed E-state index contributed by atoms with van der Waals surface area (Å²) in [5, 5.41) is 7.18. The van der Waals surface area contributed by atoms with E-state index in [-0.39, 0.29) is 47.3 Å². The molecule has 2 aromatic heterocycles. The summed E-state index contributed by atoms with van der Waals surface area (Å²) in [6.45, 7) is 7.79. The molecule has 11 nitrogen and oxygen atoms in total. The van der Waals surface area contributed by atoms with Crippen LogP contribution in [0.2, 0.25) is 0 Å². The Morgan fingerprint density at radius 1 is 1.17 bits per heavy atom. The Hall–Kier alpha value is -4.27. The van der Waals surface area contributed by atoms with Crippen LogP contribution in [0.1, 0.15) is 89.3 Å². The number of nitrogen functional groups attached to an aromatic ring is 1. The highest BCUT2D eigenvalue weighted by Crippen LogP contribution is 2.44. The van der Waals surface area contributed by atoms with Gasteiger partial charge in [-0.2, -0.15) is 37.0 Å². The van der Waals surface area contributed by atoms with Crippen LogP contribution in [0.5, 0.6) is 6.01 Å². The number of carbonyl (C=O) groups excluding carboxylic acids is 1. The Morgan fingerprint density at radius 2 is 1.89 bits per heavy atom. The Labute approximate surface area is 312 Å². The van der Waals surface area contributed by atoms with E-state index < -0.39 is 23.9 Å². The molecule has 53 heavy (non-hydrogen) atoms. The first kappa shape index (κ1) is 38.5. The third-order valence-corrected chi connectivity index (χ3v) is 10.9. The third kappa shape index (κ3) is 8.00. The first-order valence-corrected chi connectivity index (χ1v) is 18.1. The number of halogens is 6. The summed E-state index contributed by atoms with van der Waals surface area (Å²) >= 11 is 3.60. The highest BCUT2D eigenvalue weighted by atomic mass is 79.9. The van der Waals surface area contributed by atoms with E-state index >= 15 is 0 Å². The van der Waals surface area contributed by atoms with Gasteiger partial charge in [0.05, 0.1) is 46.2 Å². The van der Waals surface area contributed by atoms with Crippen molar-refractivity contribution in [2.45, 2.75) is 83.0 Å². The number of aromatic nitrogens is 4. The van der Waals surface area contributed by atoms with Gasteiger partial charge in [0.25, 0.3) is 12.0 Å². The summed E-state index contributed by atoms with van der Waals surface area (Å²) < 4.78 is 79.0. The Morgan fingerprint density at radius 3 is 2.55 bits per heavy atom. The number of nitrogens with zero attached hydrogens (tertiary/aromatic N) is 6. The van der Waals surface area contributed by atoms with Crippen molar-refractivity contribution in [3.05, 3.63) is 68.6 Å². The van der Waals surface area contributed by atoms with Crippen molar-refractivity contribution in [1.82, 2.24) is 30.0 Å². The van der Waals surface area contributed by atoms with Gasteiger partial charge in [0, 0.05) is 43.4 Å². The van der Waals surface area contributed by atoms with Crippen LogP contribution in [0.3, 0.4) is 0 Å². The first-order valence-electron chi connectivity index (χ1n) is 17.3. The molecule has 1 unspecified atom stereocenters. The van der Waals surface area contributed by atoms with Crippen LogP contribution in [0.15, 0.2) is 29.3 Å². The molecule has 1 atom stereocenters. The van der Waals surface area contributed by atoms with Gasteiger partial charge in [-0.05, 0) is 92.3 Å². The minimum Gasteiger partial charge on any atom is -0.461 e. The number of aryl methyl sites for hydroxylation is 1. The van der Waals surface area contributed by atoms with Gasteiger partial charge in [0.15, 0.2) is 5.69 Å². The largest absolute Gasteiger partial charge is 0.461 e. The molecule has 0 spiro atoms. The number of nitrogens with one attached hydrogen (secondary N) is 1. The number of amides is 1. The molecule has 0 saturated carbocycles. The number of benzene rings is 1. The average molecular weight is 808 g/mol. The standard InChI is InChI=1S/C34H38BrF3N8O3.C2H2F2/c1-3-7-20-14-21(39)15-22(27(20)34(36,37)38)26-16-24-23(18-48-26)30(42-32(41-24)49-19-33-8-4-11-45(33)12-5-9-33)44-10-6-13-46-25(17-44)28(35)29(43-46)31(47)40-2;1-2(3)4/h14-15,26H,4-6,8-13,16-19,39H2,1-2H3,(H,40,47);1H2. The fraction of sp³-hybridized carbons (Fsp3) is 0.500. The second kappa shape index (κ2) is 15.6. The molecule has 1 amide bonds. The van der Waals surface area contributed by atoms with Crippen LogP contribution in [0, 0.1) is 11.8 Å². The third-order valence-electron chi connectivity index (χ3n) is 10.1. The van der Waals surface area contributed by atoms with E-state index in [4.69, 9.17) is 25.2 Å². The van der Waals surface area contributed by atoms with Gasteiger partial charge in [-0.3, -0.25) is 14.4 Å². The lowest BCUT2D eigenvalue weighted by atomic mass is 9.91. The van der Waals surface area contributed by atoms with Gasteiger partial charge in [0.2, 0.25) is 0 Å². The molecule has 0 bridgehead atoms. The smallest absolute Gasteiger partial charge is 0.417 e. The van der Waals surface area contributed by atoms with Crippen LogP contribution < -0.4 is 20.7 Å². The topological polar surface area (TPSA) is 124 Å². The van der Waals surface area contributed by atoms with Crippen LogP contribution in [-0.2, 0) is 37.0 Å². The Kier molecular flexibility index (Phi) is 11.3. The fourth-order valence-corrected chi connectivity index (χ4v) is 8.42. The number of anilines is 2. The maximum absolute atomic E-state index is 14.6. The molecular weight excluding hydrogens is 767 g/mol. The van der Waals surface area contributed by atoms with E-state index in [1.807, 2.05) is 4.68 Å². The van der Waals surface area contributed by atoms with Gasteiger partial charge >= 0.3 is 12.2 Å². The normalized spacial score (nSPS) is 19.1. The van der Waals surface area contributed by atoms with E-state index in [0.717, 1.165) is 44.5 Å². The lowest BCUT2D eigenvalue weighted by Crippen LogP contribution is -2.43. The number of carbonyl (C=O) groups is 1. The van der Waals surface area contributed by atoms with Crippen molar-refractivity contribution in [2.75, 3.05) is 43.9 Å². The molecule has 1 aromatic carbocycles. The summed E-state index contributed by atoms with van der Waals surface area (Å²) in [4.78, 5) is 26.9. The molecule has 4 aliphatic rings. The number of fused-ring (bicyclic) bond motifs is 3. The molecule has 6 heterocycles. The number of hydrogen-bond donors (Lipinski definition) is 2. The van der Waals surface area contributed by atoms with E-state index in [2.05, 4.69) is 54.6 Å². The lowest BCUT2D eigenvalue weighted by Gasteiger charge is -2.33. The molecule has 0 aliphatic carbocycles. The van der Waals surface area contributed by atoms with Crippen molar-refractivity contribution >= 4 is 33.3 Å². The molecule has 4 aliphatic heterocycles. The highest BCUT2D eigenvalue weighted by molar-refractivity contribution is 9.10. The quantitative estimate of drug-likeness (QED) is 0.166. The number of rotatable bonds is 6.